The lowest BCUT2D eigenvalue weighted by molar-refractivity contribution is 0.216. The number of rotatable bonds is 3. The predicted octanol–water partition coefficient (Wildman–Crippen LogP) is 2.12. The number of hydrogen-bond acceptors (Lipinski definition) is 3. The van der Waals surface area contributed by atoms with Gasteiger partial charge in [-0.1, -0.05) is 19.1 Å². The number of carbonyl (C=O) groups is 1. The van der Waals surface area contributed by atoms with Crippen LogP contribution in [0.2, 0.25) is 0 Å². The molecule has 3 unspecified atom stereocenters. The van der Waals surface area contributed by atoms with Gasteiger partial charge in [0.2, 0.25) is 0 Å². The Hall–Kier alpha value is -1.59. The summed E-state index contributed by atoms with van der Waals surface area (Å²) in [6, 6.07) is 8.08. The van der Waals surface area contributed by atoms with Crippen molar-refractivity contribution in [1.29, 1.82) is 0 Å². The van der Waals surface area contributed by atoms with Crippen molar-refractivity contribution in [3.05, 3.63) is 29.8 Å². The number of urea groups is 1. The lowest BCUT2D eigenvalue weighted by atomic mass is 10.1. The number of likely N-dealkylation sites (tertiary alicyclic amines) is 1. The van der Waals surface area contributed by atoms with Crippen LogP contribution >= 0.6 is 0 Å². The normalized spacial score (nSPS) is 23.4. The largest absolute Gasteiger partial charge is 0.324 e. The molecule has 3 atom stereocenters. The van der Waals surface area contributed by atoms with Crippen LogP contribution in [0, 0.1) is 5.92 Å². The van der Waals surface area contributed by atoms with Crippen molar-refractivity contribution in [2.75, 3.05) is 32.5 Å². The maximum atomic E-state index is 12.4. The molecule has 0 radical (unpaired) electrons. The SMILES string of the molecule is CC(N)c1cccc(NC(=O)N2CC(C)C(N(C)C)C2)c1. The Balaban J connectivity index is 2.01. The minimum atomic E-state index is -0.0354. The molecule has 116 valence electrons. The second kappa shape index (κ2) is 6.45. The standard InChI is InChI=1S/C16H26N4O/c1-11-9-20(10-15(11)19(3)4)16(21)18-14-7-5-6-13(8-14)12(2)17/h5-8,11-12,15H,9-10,17H2,1-4H3,(H,18,21). The first-order valence-corrected chi connectivity index (χ1v) is 7.46. The lowest BCUT2D eigenvalue weighted by Gasteiger charge is -2.22. The molecule has 0 saturated carbocycles. The molecule has 0 spiro atoms. The zero-order chi connectivity index (χ0) is 15.6. The minimum Gasteiger partial charge on any atom is -0.324 e. The van der Waals surface area contributed by atoms with Crippen LogP contribution in [0.1, 0.15) is 25.5 Å². The van der Waals surface area contributed by atoms with Gasteiger partial charge in [0, 0.05) is 30.9 Å². The van der Waals surface area contributed by atoms with Gasteiger partial charge in [-0.25, -0.2) is 4.79 Å². The Morgan fingerprint density at radius 2 is 2.14 bits per heavy atom. The number of nitrogens with zero attached hydrogens (tertiary/aromatic N) is 2. The monoisotopic (exact) mass is 290 g/mol. The Labute approximate surface area is 127 Å². The molecule has 2 rings (SSSR count). The summed E-state index contributed by atoms with van der Waals surface area (Å²) >= 11 is 0. The Morgan fingerprint density at radius 1 is 1.43 bits per heavy atom. The van der Waals surface area contributed by atoms with Crippen molar-refractivity contribution in [3.8, 4) is 0 Å². The number of nitrogens with two attached hydrogens (primary N) is 1. The van der Waals surface area contributed by atoms with Gasteiger partial charge in [-0.2, -0.15) is 0 Å². The first kappa shape index (κ1) is 15.8. The van der Waals surface area contributed by atoms with E-state index in [1.54, 1.807) is 0 Å². The highest BCUT2D eigenvalue weighted by Gasteiger charge is 2.33. The molecule has 5 nitrogen and oxygen atoms in total. The maximum absolute atomic E-state index is 12.4. The van der Waals surface area contributed by atoms with Crippen LogP contribution < -0.4 is 11.1 Å². The van der Waals surface area contributed by atoms with Crippen molar-refractivity contribution in [3.63, 3.8) is 0 Å². The topological polar surface area (TPSA) is 61.6 Å². The third-order valence-corrected chi connectivity index (χ3v) is 4.19. The second-order valence-electron chi connectivity index (χ2n) is 6.26. The smallest absolute Gasteiger partial charge is 0.321 e. The van der Waals surface area contributed by atoms with Crippen LogP contribution in [-0.2, 0) is 0 Å². The molecule has 0 bridgehead atoms. The number of anilines is 1. The zero-order valence-corrected chi connectivity index (χ0v) is 13.3. The van der Waals surface area contributed by atoms with Gasteiger partial charge in [0.1, 0.15) is 0 Å². The van der Waals surface area contributed by atoms with Crippen molar-refractivity contribution >= 4 is 11.7 Å². The molecular formula is C16H26N4O. The van der Waals surface area contributed by atoms with Gasteiger partial charge < -0.3 is 20.9 Å². The molecular weight excluding hydrogens is 264 g/mol. The van der Waals surface area contributed by atoms with Crippen LogP contribution in [0.5, 0.6) is 0 Å². The van der Waals surface area contributed by atoms with Gasteiger partial charge in [0.15, 0.2) is 0 Å². The molecule has 2 amide bonds. The first-order valence-electron chi connectivity index (χ1n) is 7.46. The summed E-state index contributed by atoms with van der Waals surface area (Å²) in [5, 5.41) is 2.97. The van der Waals surface area contributed by atoms with Gasteiger partial charge in [0.25, 0.3) is 0 Å². The number of hydrogen-bond donors (Lipinski definition) is 2. The van der Waals surface area contributed by atoms with Gasteiger partial charge in [-0.3, -0.25) is 0 Å². The fraction of sp³-hybridized carbons (Fsp3) is 0.562. The second-order valence-corrected chi connectivity index (χ2v) is 6.26. The number of carbonyl (C=O) groups excluding carboxylic acids is 1. The molecule has 21 heavy (non-hydrogen) atoms. The molecule has 1 aromatic carbocycles. The number of amides is 2. The van der Waals surface area contributed by atoms with E-state index in [1.807, 2.05) is 36.1 Å². The lowest BCUT2D eigenvalue weighted by Crippen LogP contribution is -2.37. The summed E-state index contributed by atoms with van der Waals surface area (Å²) in [5.74, 6) is 0.487. The molecule has 0 aromatic heterocycles. The molecule has 5 heteroatoms. The molecule has 3 N–H and O–H groups in total. The molecule has 1 fully saturated rings. The van der Waals surface area contributed by atoms with Gasteiger partial charge in [-0.15, -0.1) is 0 Å². The summed E-state index contributed by atoms with van der Waals surface area (Å²) in [4.78, 5) is 16.4. The quantitative estimate of drug-likeness (QED) is 0.896. The molecule has 0 aliphatic carbocycles. The highest BCUT2D eigenvalue weighted by atomic mass is 16.2. The summed E-state index contributed by atoms with van der Waals surface area (Å²) in [7, 11) is 4.13. The van der Waals surface area contributed by atoms with Crippen molar-refractivity contribution in [2.24, 2.45) is 11.7 Å². The van der Waals surface area contributed by atoms with E-state index in [9.17, 15) is 4.79 Å². The molecule has 1 aliphatic heterocycles. The summed E-state index contributed by atoms with van der Waals surface area (Å²) in [6.07, 6.45) is 0. The fourth-order valence-corrected chi connectivity index (χ4v) is 2.89. The number of nitrogens with one attached hydrogen (secondary N) is 1. The van der Waals surface area contributed by atoms with Crippen LogP contribution in [-0.4, -0.2) is 49.1 Å². The Kier molecular flexibility index (Phi) is 4.85. The van der Waals surface area contributed by atoms with Crippen molar-refractivity contribution in [2.45, 2.75) is 25.9 Å². The van der Waals surface area contributed by atoms with Crippen LogP contribution in [0.15, 0.2) is 24.3 Å². The Bertz CT molecular complexity index is 501. The van der Waals surface area contributed by atoms with E-state index in [-0.39, 0.29) is 12.1 Å². The highest BCUT2D eigenvalue weighted by molar-refractivity contribution is 5.89. The fourth-order valence-electron chi connectivity index (χ4n) is 2.89. The van der Waals surface area contributed by atoms with Crippen LogP contribution in [0.4, 0.5) is 10.5 Å². The summed E-state index contributed by atoms with van der Waals surface area (Å²) < 4.78 is 0. The van der Waals surface area contributed by atoms with Crippen LogP contribution in [0.25, 0.3) is 0 Å². The van der Waals surface area contributed by atoms with Crippen molar-refractivity contribution < 1.29 is 4.79 Å². The highest BCUT2D eigenvalue weighted by Crippen LogP contribution is 2.21. The average molecular weight is 290 g/mol. The minimum absolute atomic E-state index is 0.0342. The predicted molar refractivity (Wildman–Crippen MR) is 86.3 cm³/mol. The van der Waals surface area contributed by atoms with E-state index in [4.69, 9.17) is 5.73 Å². The molecule has 1 heterocycles. The Morgan fingerprint density at radius 3 is 2.71 bits per heavy atom. The molecule has 1 aromatic rings. The molecule has 1 aliphatic rings. The number of likely N-dealkylation sites (N-methyl/N-ethyl adjacent to an activating group) is 1. The van der Waals surface area contributed by atoms with E-state index >= 15 is 0 Å². The van der Waals surface area contributed by atoms with E-state index in [2.05, 4.69) is 31.2 Å². The van der Waals surface area contributed by atoms with Gasteiger partial charge >= 0.3 is 6.03 Å². The van der Waals surface area contributed by atoms with E-state index in [0.29, 0.717) is 12.0 Å². The summed E-state index contributed by atoms with van der Waals surface area (Å²) in [5.41, 5.74) is 7.70. The zero-order valence-electron chi connectivity index (χ0n) is 13.3. The number of benzene rings is 1. The van der Waals surface area contributed by atoms with E-state index in [0.717, 1.165) is 24.3 Å². The van der Waals surface area contributed by atoms with Crippen LogP contribution in [0.3, 0.4) is 0 Å². The van der Waals surface area contributed by atoms with Gasteiger partial charge in [0.05, 0.1) is 0 Å². The summed E-state index contributed by atoms with van der Waals surface area (Å²) in [6.45, 7) is 5.69. The van der Waals surface area contributed by atoms with E-state index < -0.39 is 0 Å². The molecule has 1 saturated heterocycles. The van der Waals surface area contributed by atoms with Gasteiger partial charge in [-0.05, 0) is 44.6 Å². The first-order chi connectivity index (χ1) is 9.88. The average Bonchev–Trinajstić information content (AvgIpc) is 2.81. The maximum Gasteiger partial charge on any atom is 0.321 e. The van der Waals surface area contributed by atoms with Crippen molar-refractivity contribution in [1.82, 2.24) is 9.80 Å². The third-order valence-electron chi connectivity index (χ3n) is 4.19. The van der Waals surface area contributed by atoms with E-state index in [1.165, 1.54) is 0 Å². The third kappa shape index (κ3) is 3.74.